The Bertz CT molecular complexity index is 1270. The lowest BCUT2D eigenvalue weighted by molar-refractivity contribution is -0.166. The second-order valence-electron chi connectivity index (χ2n) is 17.9. The highest BCUT2D eigenvalue weighted by molar-refractivity contribution is 5.71. The number of esters is 3. The summed E-state index contributed by atoms with van der Waals surface area (Å²) < 4.78 is 16.7. The Hall–Kier alpha value is -3.41. The van der Waals surface area contributed by atoms with Crippen molar-refractivity contribution in [3.8, 4) is 0 Å². The van der Waals surface area contributed by atoms with Crippen LogP contribution in [0.5, 0.6) is 0 Å². The van der Waals surface area contributed by atoms with E-state index in [4.69, 9.17) is 14.2 Å². The van der Waals surface area contributed by atoms with Gasteiger partial charge in [-0.2, -0.15) is 0 Å². The van der Waals surface area contributed by atoms with Gasteiger partial charge in [-0.15, -0.1) is 0 Å². The Balaban J connectivity index is 4.50. The second kappa shape index (κ2) is 53.2. The van der Waals surface area contributed by atoms with Crippen molar-refractivity contribution < 1.29 is 28.6 Å². The largest absolute Gasteiger partial charge is 0.462 e. The molecule has 0 aliphatic rings. The van der Waals surface area contributed by atoms with E-state index in [0.717, 1.165) is 89.9 Å². The molecule has 6 nitrogen and oxygen atoms in total. The molecular formula is C59H100O6. The molecule has 0 rings (SSSR count). The molecule has 0 aromatic heterocycles. The molecule has 65 heavy (non-hydrogen) atoms. The third-order valence-electron chi connectivity index (χ3n) is 11.4. The first kappa shape index (κ1) is 61.6. The SMILES string of the molecule is CCCCC/C=C/C=C/C=C/C=C/CCCCCCCC(=O)OCC(COC(=O)CC/C=C/C/C=C/CCCCCCCC)OC(=O)CCCCCCC/C=C/CCCCCCCCC. The molecule has 1 atom stereocenters. The molecule has 0 aromatic rings. The fraction of sp³-hybridized carbons (Fsp3) is 0.712. The van der Waals surface area contributed by atoms with Crippen molar-refractivity contribution in [1.82, 2.24) is 0 Å². The van der Waals surface area contributed by atoms with Gasteiger partial charge in [0.25, 0.3) is 0 Å². The van der Waals surface area contributed by atoms with Crippen LogP contribution in [0.2, 0.25) is 0 Å². The van der Waals surface area contributed by atoms with E-state index in [-0.39, 0.29) is 37.5 Å². The average molecular weight is 905 g/mol. The Labute approximate surface area is 401 Å². The molecule has 1 unspecified atom stereocenters. The molecule has 6 heteroatoms. The summed E-state index contributed by atoms with van der Waals surface area (Å²) >= 11 is 0. The average Bonchev–Trinajstić information content (AvgIpc) is 3.30. The van der Waals surface area contributed by atoms with Crippen LogP contribution in [-0.2, 0) is 28.6 Å². The van der Waals surface area contributed by atoms with E-state index in [0.29, 0.717) is 19.3 Å². The van der Waals surface area contributed by atoms with Crippen LogP contribution < -0.4 is 0 Å². The number of unbranched alkanes of at least 4 members (excludes halogenated alkanes) is 26. The summed E-state index contributed by atoms with van der Waals surface area (Å²) in [6, 6.07) is 0. The van der Waals surface area contributed by atoms with Gasteiger partial charge in [-0.25, -0.2) is 0 Å². The molecule has 372 valence electrons. The zero-order chi connectivity index (χ0) is 47.2. The van der Waals surface area contributed by atoms with Crippen LogP contribution >= 0.6 is 0 Å². The van der Waals surface area contributed by atoms with E-state index >= 15 is 0 Å². The maximum Gasteiger partial charge on any atom is 0.306 e. The zero-order valence-electron chi connectivity index (χ0n) is 42.5. The Morgan fingerprint density at radius 2 is 0.646 bits per heavy atom. The fourth-order valence-corrected chi connectivity index (χ4v) is 7.32. The lowest BCUT2D eigenvalue weighted by Crippen LogP contribution is -2.30. The van der Waals surface area contributed by atoms with Crippen LogP contribution in [0.15, 0.2) is 85.1 Å². The van der Waals surface area contributed by atoms with Gasteiger partial charge in [-0.1, -0.05) is 228 Å². The maximum atomic E-state index is 12.8. The van der Waals surface area contributed by atoms with Crippen LogP contribution in [0.3, 0.4) is 0 Å². The van der Waals surface area contributed by atoms with Gasteiger partial charge in [0.1, 0.15) is 13.2 Å². The Kier molecular flexibility index (Phi) is 50.4. The van der Waals surface area contributed by atoms with Crippen molar-refractivity contribution in [3.05, 3.63) is 85.1 Å². The first-order valence-corrected chi connectivity index (χ1v) is 27.1. The van der Waals surface area contributed by atoms with E-state index in [2.05, 4.69) is 99.8 Å². The van der Waals surface area contributed by atoms with E-state index in [1.807, 2.05) is 6.08 Å². The summed E-state index contributed by atoms with van der Waals surface area (Å²) in [6.07, 6.45) is 68.6. The van der Waals surface area contributed by atoms with Crippen molar-refractivity contribution in [2.24, 2.45) is 0 Å². The van der Waals surface area contributed by atoms with E-state index < -0.39 is 6.10 Å². The molecular weight excluding hydrogens is 805 g/mol. The first-order chi connectivity index (χ1) is 32.0. The lowest BCUT2D eigenvalue weighted by atomic mass is 10.1. The third kappa shape index (κ3) is 51.4. The number of carbonyl (C=O) groups is 3. The van der Waals surface area contributed by atoms with Crippen LogP contribution in [-0.4, -0.2) is 37.2 Å². The monoisotopic (exact) mass is 905 g/mol. The lowest BCUT2D eigenvalue weighted by Gasteiger charge is -2.18. The van der Waals surface area contributed by atoms with E-state index in [1.165, 1.54) is 116 Å². The van der Waals surface area contributed by atoms with E-state index in [9.17, 15) is 14.4 Å². The van der Waals surface area contributed by atoms with Gasteiger partial charge in [0.2, 0.25) is 0 Å². The van der Waals surface area contributed by atoms with Crippen LogP contribution in [0.4, 0.5) is 0 Å². The first-order valence-electron chi connectivity index (χ1n) is 27.1. The standard InChI is InChI=1S/C59H100O6/c1-4-7-10-13-16-19-22-25-27-29-30-32-34-37-40-43-46-49-52-58(61)64-55-56(54-63-57(60)51-48-45-42-39-36-33-24-21-18-15-12-9-6-3)65-59(62)53-50-47-44-41-38-35-31-28-26-23-20-17-14-11-8-5-2/h16,19,22,25,27-33,36,42,45,56H,4-15,17-18,20-21,23-24,26,34-35,37-41,43-44,46-55H2,1-3H3/b19-16+,25-22+,29-27+,31-28+,32-30+,36-33+,45-42+. The summed E-state index contributed by atoms with van der Waals surface area (Å²) in [4.78, 5) is 38.0. The van der Waals surface area contributed by atoms with Gasteiger partial charge in [0.05, 0.1) is 0 Å². The summed E-state index contributed by atoms with van der Waals surface area (Å²) in [7, 11) is 0. The van der Waals surface area contributed by atoms with Gasteiger partial charge in [0, 0.05) is 19.3 Å². The number of hydrogen-bond acceptors (Lipinski definition) is 6. The highest BCUT2D eigenvalue weighted by Gasteiger charge is 2.19. The maximum absolute atomic E-state index is 12.8. The van der Waals surface area contributed by atoms with Gasteiger partial charge in [0.15, 0.2) is 6.10 Å². The van der Waals surface area contributed by atoms with Crippen LogP contribution in [0.25, 0.3) is 0 Å². The fourth-order valence-electron chi connectivity index (χ4n) is 7.32. The molecule has 0 radical (unpaired) electrons. The van der Waals surface area contributed by atoms with Crippen LogP contribution in [0.1, 0.15) is 252 Å². The quantitative estimate of drug-likeness (QED) is 0.0199. The number of ether oxygens (including phenoxy) is 3. The molecule has 0 aliphatic heterocycles. The van der Waals surface area contributed by atoms with Gasteiger partial charge < -0.3 is 14.2 Å². The molecule has 0 aromatic carbocycles. The van der Waals surface area contributed by atoms with Gasteiger partial charge >= 0.3 is 17.9 Å². The third-order valence-corrected chi connectivity index (χ3v) is 11.4. The second-order valence-corrected chi connectivity index (χ2v) is 17.9. The Morgan fingerprint density at radius 1 is 0.323 bits per heavy atom. The number of carbonyl (C=O) groups excluding carboxylic acids is 3. The minimum atomic E-state index is -0.813. The molecule has 0 saturated carbocycles. The van der Waals surface area contributed by atoms with Crippen molar-refractivity contribution in [3.63, 3.8) is 0 Å². The predicted molar refractivity (Wildman–Crippen MR) is 279 cm³/mol. The molecule has 0 amide bonds. The zero-order valence-corrected chi connectivity index (χ0v) is 42.5. The Morgan fingerprint density at radius 3 is 1.12 bits per heavy atom. The normalized spacial score (nSPS) is 12.7. The molecule has 0 spiro atoms. The number of allylic oxidation sites excluding steroid dienone is 14. The van der Waals surface area contributed by atoms with Crippen molar-refractivity contribution in [1.29, 1.82) is 0 Å². The smallest absolute Gasteiger partial charge is 0.306 e. The molecule has 0 N–H and O–H groups in total. The summed E-state index contributed by atoms with van der Waals surface area (Å²) in [6.45, 7) is 6.51. The minimum absolute atomic E-state index is 0.109. The topological polar surface area (TPSA) is 78.9 Å². The highest BCUT2D eigenvalue weighted by Crippen LogP contribution is 2.13. The molecule has 0 fully saturated rings. The number of rotatable bonds is 48. The van der Waals surface area contributed by atoms with Gasteiger partial charge in [-0.05, 0) is 89.9 Å². The minimum Gasteiger partial charge on any atom is -0.462 e. The number of hydrogen-bond donors (Lipinski definition) is 0. The van der Waals surface area contributed by atoms with Crippen molar-refractivity contribution in [2.45, 2.75) is 258 Å². The molecule has 0 heterocycles. The molecule has 0 saturated heterocycles. The highest BCUT2D eigenvalue weighted by atomic mass is 16.6. The molecule has 0 bridgehead atoms. The van der Waals surface area contributed by atoms with Crippen molar-refractivity contribution in [2.75, 3.05) is 13.2 Å². The summed E-state index contributed by atoms with van der Waals surface area (Å²) in [5.74, 6) is -1.01. The van der Waals surface area contributed by atoms with Crippen molar-refractivity contribution >= 4 is 17.9 Å². The summed E-state index contributed by atoms with van der Waals surface area (Å²) in [5.41, 5.74) is 0. The predicted octanol–water partition coefficient (Wildman–Crippen LogP) is 18.0. The van der Waals surface area contributed by atoms with E-state index in [1.54, 1.807) is 0 Å². The summed E-state index contributed by atoms with van der Waals surface area (Å²) in [5, 5.41) is 0. The van der Waals surface area contributed by atoms with Gasteiger partial charge in [-0.3, -0.25) is 14.4 Å². The molecule has 0 aliphatic carbocycles. The van der Waals surface area contributed by atoms with Crippen LogP contribution in [0, 0.1) is 0 Å².